The topological polar surface area (TPSA) is 52.7 Å². The van der Waals surface area contributed by atoms with Gasteiger partial charge >= 0.3 is 0 Å². The highest BCUT2D eigenvalue weighted by atomic mass is 16.2. The molecular weight excluding hydrogens is 326 g/mol. The van der Waals surface area contributed by atoms with Crippen LogP contribution in [0.3, 0.4) is 0 Å². The van der Waals surface area contributed by atoms with E-state index in [0.29, 0.717) is 12.6 Å². The van der Waals surface area contributed by atoms with E-state index >= 15 is 0 Å². The Kier molecular flexibility index (Phi) is 6.67. The minimum absolute atomic E-state index is 0.152. The zero-order valence-corrected chi connectivity index (χ0v) is 15.8. The number of benzene rings is 1. The van der Waals surface area contributed by atoms with Crippen LogP contribution in [0.4, 0.5) is 0 Å². The molecule has 5 heteroatoms. The highest BCUT2D eigenvalue weighted by Gasteiger charge is 2.30. The van der Waals surface area contributed by atoms with Crippen LogP contribution in [0, 0.1) is 5.92 Å². The fourth-order valence-electron chi connectivity index (χ4n) is 4.19. The molecule has 1 aromatic carbocycles. The van der Waals surface area contributed by atoms with Crippen molar-refractivity contribution in [1.82, 2.24) is 15.1 Å². The summed E-state index contributed by atoms with van der Waals surface area (Å²) in [5.74, 6) is 0.556. The maximum absolute atomic E-state index is 12.4. The Morgan fingerprint density at radius 2 is 1.65 bits per heavy atom. The number of nitrogens with one attached hydrogen (secondary N) is 1. The van der Waals surface area contributed by atoms with Gasteiger partial charge in [0.15, 0.2) is 0 Å². The predicted octanol–water partition coefficient (Wildman–Crippen LogP) is 2.07. The molecule has 2 amide bonds. The van der Waals surface area contributed by atoms with Crippen LogP contribution in [-0.4, -0.2) is 60.4 Å². The molecule has 1 aromatic rings. The van der Waals surface area contributed by atoms with Crippen molar-refractivity contribution >= 4 is 11.8 Å². The van der Waals surface area contributed by atoms with Crippen LogP contribution < -0.4 is 5.32 Å². The molecular formula is C21H31N3O2. The Hall–Kier alpha value is -1.88. The van der Waals surface area contributed by atoms with E-state index in [-0.39, 0.29) is 17.7 Å². The predicted molar refractivity (Wildman–Crippen MR) is 103 cm³/mol. The molecule has 0 saturated carbocycles. The number of carbonyl (C=O) groups excluding carboxylic acids is 2. The number of likely N-dealkylation sites (tertiary alicyclic amines) is 2. The molecule has 0 radical (unpaired) electrons. The lowest BCUT2D eigenvalue weighted by atomic mass is 9.92. The lowest BCUT2D eigenvalue weighted by molar-refractivity contribution is -0.131. The highest BCUT2D eigenvalue weighted by molar-refractivity contribution is 5.78. The maximum atomic E-state index is 12.4. The van der Waals surface area contributed by atoms with Crippen LogP contribution in [0.5, 0.6) is 0 Å². The van der Waals surface area contributed by atoms with Crippen LogP contribution in [0.25, 0.3) is 0 Å². The third kappa shape index (κ3) is 5.07. The monoisotopic (exact) mass is 357 g/mol. The number of hydrogen-bond donors (Lipinski definition) is 1. The second kappa shape index (κ2) is 9.17. The number of amides is 2. The third-order valence-corrected chi connectivity index (χ3v) is 5.88. The summed E-state index contributed by atoms with van der Waals surface area (Å²) in [6.07, 6.45) is 4.91. The summed E-state index contributed by atoms with van der Waals surface area (Å²) in [6, 6.07) is 10.9. The van der Waals surface area contributed by atoms with Crippen molar-refractivity contribution in [3.8, 4) is 0 Å². The molecule has 0 spiro atoms. The molecule has 0 unspecified atom stereocenters. The smallest absolute Gasteiger partial charge is 0.223 e. The Bertz CT molecular complexity index is 589. The van der Waals surface area contributed by atoms with Gasteiger partial charge in [0.25, 0.3) is 0 Å². The van der Waals surface area contributed by atoms with Gasteiger partial charge in [0.1, 0.15) is 0 Å². The summed E-state index contributed by atoms with van der Waals surface area (Å²) in [7, 11) is 0. The SMILES string of the molecule is CC(=O)N1CCC(N2CCC(C(=O)NCCc3ccccc3)CC2)CC1. The molecule has 0 aliphatic carbocycles. The molecule has 2 saturated heterocycles. The molecule has 0 aromatic heterocycles. The molecule has 5 nitrogen and oxygen atoms in total. The lowest BCUT2D eigenvalue weighted by Gasteiger charge is -2.41. The van der Waals surface area contributed by atoms with Crippen LogP contribution in [-0.2, 0) is 16.0 Å². The minimum atomic E-state index is 0.152. The van der Waals surface area contributed by atoms with Crippen molar-refractivity contribution in [2.75, 3.05) is 32.7 Å². The summed E-state index contributed by atoms with van der Waals surface area (Å²) >= 11 is 0. The summed E-state index contributed by atoms with van der Waals surface area (Å²) in [4.78, 5) is 28.3. The first kappa shape index (κ1) is 18.9. The first-order valence-corrected chi connectivity index (χ1v) is 9.94. The molecule has 0 bridgehead atoms. The zero-order valence-electron chi connectivity index (χ0n) is 15.8. The van der Waals surface area contributed by atoms with E-state index in [1.807, 2.05) is 23.1 Å². The van der Waals surface area contributed by atoms with Crippen molar-refractivity contribution in [3.63, 3.8) is 0 Å². The molecule has 2 aliphatic rings. The van der Waals surface area contributed by atoms with Crippen LogP contribution in [0.1, 0.15) is 38.2 Å². The van der Waals surface area contributed by atoms with E-state index in [1.165, 1.54) is 5.56 Å². The molecule has 1 N–H and O–H groups in total. The second-order valence-electron chi connectivity index (χ2n) is 7.57. The minimum Gasteiger partial charge on any atom is -0.356 e. The van der Waals surface area contributed by atoms with Gasteiger partial charge in [0.2, 0.25) is 11.8 Å². The molecule has 26 heavy (non-hydrogen) atoms. The Morgan fingerprint density at radius 1 is 1.00 bits per heavy atom. The fraction of sp³-hybridized carbons (Fsp3) is 0.619. The molecule has 3 rings (SSSR count). The standard InChI is InChI=1S/C21H31N3O2/c1-17(25)23-15-10-20(11-16-23)24-13-8-19(9-14-24)21(26)22-12-7-18-5-3-2-4-6-18/h2-6,19-20H,7-16H2,1H3,(H,22,26). The molecule has 0 atom stereocenters. The first-order valence-electron chi connectivity index (χ1n) is 9.94. The van der Waals surface area contributed by atoms with Gasteiger partial charge in [0.05, 0.1) is 0 Å². The number of rotatable bonds is 5. The van der Waals surface area contributed by atoms with E-state index in [4.69, 9.17) is 0 Å². The molecule has 2 fully saturated rings. The number of carbonyl (C=O) groups is 2. The highest BCUT2D eigenvalue weighted by Crippen LogP contribution is 2.24. The van der Waals surface area contributed by atoms with E-state index in [9.17, 15) is 9.59 Å². The molecule has 142 valence electrons. The Morgan fingerprint density at radius 3 is 2.27 bits per heavy atom. The maximum Gasteiger partial charge on any atom is 0.223 e. The van der Waals surface area contributed by atoms with Gasteiger partial charge in [-0.05, 0) is 50.8 Å². The summed E-state index contributed by atoms with van der Waals surface area (Å²) < 4.78 is 0. The van der Waals surface area contributed by atoms with Gasteiger partial charge in [-0.3, -0.25) is 9.59 Å². The van der Waals surface area contributed by atoms with E-state index in [0.717, 1.165) is 58.3 Å². The van der Waals surface area contributed by atoms with Crippen molar-refractivity contribution in [2.45, 2.75) is 45.1 Å². The molecule has 2 aliphatic heterocycles. The number of nitrogens with zero attached hydrogens (tertiary/aromatic N) is 2. The van der Waals surface area contributed by atoms with Crippen molar-refractivity contribution in [1.29, 1.82) is 0 Å². The van der Waals surface area contributed by atoms with Gasteiger partial charge in [-0.25, -0.2) is 0 Å². The quantitative estimate of drug-likeness (QED) is 0.878. The largest absolute Gasteiger partial charge is 0.356 e. The summed E-state index contributed by atoms with van der Waals surface area (Å²) in [5, 5.41) is 3.11. The van der Waals surface area contributed by atoms with E-state index < -0.39 is 0 Å². The van der Waals surface area contributed by atoms with Gasteiger partial charge in [-0.15, -0.1) is 0 Å². The first-order chi connectivity index (χ1) is 12.6. The van der Waals surface area contributed by atoms with Gasteiger partial charge in [-0.1, -0.05) is 30.3 Å². The fourth-order valence-corrected chi connectivity index (χ4v) is 4.19. The van der Waals surface area contributed by atoms with Gasteiger partial charge < -0.3 is 15.1 Å². The summed E-state index contributed by atoms with van der Waals surface area (Å²) in [6.45, 7) is 6.12. The number of piperidine rings is 2. The zero-order chi connectivity index (χ0) is 18.4. The van der Waals surface area contributed by atoms with Crippen LogP contribution in [0.2, 0.25) is 0 Å². The van der Waals surface area contributed by atoms with E-state index in [2.05, 4.69) is 22.3 Å². The Labute approximate surface area is 156 Å². The van der Waals surface area contributed by atoms with Crippen LogP contribution >= 0.6 is 0 Å². The molecule has 2 heterocycles. The normalized spacial score (nSPS) is 20.1. The van der Waals surface area contributed by atoms with E-state index in [1.54, 1.807) is 6.92 Å². The van der Waals surface area contributed by atoms with Crippen molar-refractivity contribution in [2.24, 2.45) is 5.92 Å². The number of hydrogen-bond acceptors (Lipinski definition) is 3. The van der Waals surface area contributed by atoms with Crippen molar-refractivity contribution < 1.29 is 9.59 Å². The second-order valence-corrected chi connectivity index (χ2v) is 7.57. The van der Waals surface area contributed by atoms with Crippen LogP contribution in [0.15, 0.2) is 30.3 Å². The lowest BCUT2D eigenvalue weighted by Crippen LogP contribution is -2.50. The van der Waals surface area contributed by atoms with Crippen molar-refractivity contribution in [3.05, 3.63) is 35.9 Å². The summed E-state index contributed by atoms with van der Waals surface area (Å²) in [5.41, 5.74) is 1.26. The average molecular weight is 357 g/mol. The average Bonchev–Trinajstić information content (AvgIpc) is 2.69. The van der Waals surface area contributed by atoms with Gasteiger partial charge in [0, 0.05) is 38.5 Å². The third-order valence-electron chi connectivity index (χ3n) is 5.88. The Balaban J connectivity index is 1.35. The van der Waals surface area contributed by atoms with Gasteiger partial charge in [-0.2, -0.15) is 0 Å².